The second-order valence-electron chi connectivity index (χ2n) is 6.08. The lowest BCUT2D eigenvalue weighted by molar-refractivity contribution is 0.0949. The second-order valence-corrected chi connectivity index (χ2v) is 7.09. The number of hydrogen-bond donors (Lipinski definition) is 0. The molecule has 0 fully saturated rings. The normalized spacial score (nSPS) is 10.9. The maximum Gasteiger partial charge on any atom is 0.299 e. The molecule has 0 atom stereocenters. The minimum Gasteiger partial charge on any atom is -0.492 e. The molecule has 4 aromatic rings. The summed E-state index contributed by atoms with van der Waals surface area (Å²) in [6.07, 6.45) is 1.70. The van der Waals surface area contributed by atoms with Crippen LogP contribution >= 0.6 is 11.3 Å². The maximum absolute atomic E-state index is 13.2. The zero-order valence-electron chi connectivity index (χ0n) is 15.5. The van der Waals surface area contributed by atoms with E-state index in [1.807, 2.05) is 43.3 Å². The van der Waals surface area contributed by atoms with Crippen molar-refractivity contribution in [3.05, 3.63) is 65.8 Å². The number of thiazole rings is 1. The summed E-state index contributed by atoms with van der Waals surface area (Å²) >= 11 is 1.42. The standard InChI is InChI=1S/C20H18N4O3S/c1-3-26-15-8-6-9-17-18(15)22-20(28-17)24(12-14-7-4-5-10-21-14)19(25)16-11-13(2)23-27-16/h4-11H,3,12H2,1-2H3. The molecule has 0 radical (unpaired) electrons. The molecule has 142 valence electrons. The Hall–Kier alpha value is -3.26. The molecule has 3 aromatic heterocycles. The number of rotatable bonds is 6. The number of fused-ring (bicyclic) bond motifs is 1. The first-order chi connectivity index (χ1) is 13.7. The van der Waals surface area contributed by atoms with Gasteiger partial charge in [-0.2, -0.15) is 0 Å². The topological polar surface area (TPSA) is 81.4 Å². The van der Waals surface area contributed by atoms with Gasteiger partial charge in [0, 0.05) is 12.3 Å². The van der Waals surface area contributed by atoms with Crippen LogP contribution in [0.1, 0.15) is 28.9 Å². The van der Waals surface area contributed by atoms with Crippen LogP contribution in [0.2, 0.25) is 0 Å². The quantitative estimate of drug-likeness (QED) is 0.487. The molecule has 1 aromatic carbocycles. The summed E-state index contributed by atoms with van der Waals surface area (Å²) < 4.78 is 11.8. The SMILES string of the molecule is CCOc1cccc2sc(N(Cc3ccccn3)C(=O)c3cc(C)no3)nc12. The lowest BCUT2D eigenvalue weighted by atomic mass is 10.3. The van der Waals surface area contributed by atoms with Crippen molar-refractivity contribution in [2.24, 2.45) is 0 Å². The number of nitrogens with zero attached hydrogens (tertiary/aromatic N) is 4. The minimum atomic E-state index is -0.316. The number of para-hydroxylation sites is 1. The summed E-state index contributed by atoms with van der Waals surface area (Å²) in [5.41, 5.74) is 2.12. The zero-order chi connectivity index (χ0) is 19.5. The highest BCUT2D eigenvalue weighted by Gasteiger charge is 2.26. The van der Waals surface area contributed by atoms with Gasteiger partial charge >= 0.3 is 0 Å². The number of benzene rings is 1. The molecule has 0 unspecified atom stereocenters. The average Bonchev–Trinajstić information content (AvgIpc) is 3.33. The molecule has 28 heavy (non-hydrogen) atoms. The number of pyridine rings is 1. The number of aryl methyl sites for hydroxylation is 1. The summed E-state index contributed by atoms with van der Waals surface area (Å²) in [6.45, 7) is 4.51. The first kappa shape index (κ1) is 18.1. The van der Waals surface area contributed by atoms with Gasteiger partial charge in [-0.05, 0) is 38.1 Å². The highest BCUT2D eigenvalue weighted by Crippen LogP contribution is 2.35. The van der Waals surface area contributed by atoms with Crippen molar-refractivity contribution >= 4 is 32.6 Å². The van der Waals surface area contributed by atoms with Gasteiger partial charge in [0.25, 0.3) is 5.91 Å². The fourth-order valence-electron chi connectivity index (χ4n) is 2.78. The van der Waals surface area contributed by atoms with E-state index in [1.165, 1.54) is 11.3 Å². The fourth-order valence-corrected chi connectivity index (χ4v) is 3.76. The van der Waals surface area contributed by atoms with E-state index in [1.54, 1.807) is 24.1 Å². The van der Waals surface area contributed by atoms with Gasteiger partial charge in [-0.25, -0.2) is 4.98 Å². The van der Waals surface area contributed by atoms with E-state index >= 15 is 0 Å². The van der Waals surface area contributed by atoms with Gasteiger partial charge < -0.3 is 9.26 Å². The molecule has 4 rings (SSSR count). The maximum atomic E-state index is 13.2. The van der Waals surface area contributed by atoms with E-state index < -0.39 is 0 Å². The van der Waals surface area contributed by atoms with Crippen molar-refractivity contribution in [1.82, 2.24) is 15.1 Å². The van der Waals surface area contributed by atoms with Crippen molar-refractivity contribution in [1.29, 1.82) is 0 Å². The van der Waals surface area contributed by atoms with Crippen molar-refractivity contribution in [2.75, 3.05) is 11.5 Å². The third kappa shape index (κ3) is 3.59. The molecule has 0 aliphatic carbocycles. The molecular weight excluding hydrogens is 376 g/mol. The van der Waals surface area contributed by atoms with E-state index in [-0.39, 0.29) is 18.2 Å². The predicted molar refractivity (Wildman–Crippen MR) is 107 cm³/mol. The molecule has 0 saturated heterocycles. The predicted octanol–water partition coefficient (Wildman–Crippen LogP) is 4.23. The van der Waals surface area contributed by atoms with E-state index in [9.17, 15) is 4.79 Å². The van der Waals surface area contributed by atoms with Gasteiger partial charge in [0.1, 0.15) is 11.3 Å². The van der Waals surface area contributed by atoms with E-state index in [0.717, 1.165) is 15.9 Å². The number of aromatic nitrogens is 3. The highest BCUT2D eigenvalue weighted by molar-refractivity contribution is 7.22. The van der Waals surface area contributed by atoms with Crippen molar-refractivity contribution in [3.8, 4) is 5.75 Å². The average molecular weight is 394 g/mol. The van der Waals surface area contributed by atoms with Gasteiger partial charge in [-0.15, -0.1) is 0 Å². The van der Waals surface area contributed by atoms with Gasteiger partial charge in [0.05, 0.1) is 29.2 Å². The largest absolute Gasteiger partial charge is 0.492 e. The number of carbonyl (C=O) groups is 1. The Morgan fingerprint density at radius 1 is 1.25 bits per heavy atom. The van der Waals surface area contributed by atoms with Crippen LogP contribution in [0.15, 0.2) is 53.2 Å². The Bertz CT molecular complexity index is 1110. The van der Waals surface area contributed by atoms with Gasteiger partial charge in [-0.3, -0.25) is 14.7 Å². The number of amides is 1. The third-order valence-electron chi connectivity index (χ3n) is 4.03. The van der Waals surface area contributed by atoms with Gasteiger partial charge in [0.2, 0.25) is 5.76 Å². The number of carbonyl (C=O) groups excluding carboxylic acids is 1. The Kier molecular flexibility index (Phi) is 5.03. The van der Waals surface area contributed by atoms with Gasteiger partial charge in [-0.1, -0.05) is 28.6 Å². The van der Waals surface area contributed by atoms with Crippen LogP contribution in [0, 0.1) is 6.92 Å². The lowest BCUT2D eigenvalue weighted by Crippen LogP contribution is -2.30. The number of anilines is 1. The van der Waals surface area contributed by atoms with Crippen LogP contribution in [0.25, 0.3) is 10.2 Å². The Labute approximate surface area is 165 Å². The summed E-state index contributed by atoms with van der Waals surface area (Å²) in [6, 6.07) is 13.0. The molecule has 0 saturated carbocycles. The fraction of sp³-hybridized carbons (Fsp3) is 0.200. The lowest BCUT2D eigenvalue weighted by Gasteiger charge is -2.17. The summed E-state index contributed by atoms with van der Waals surface area (Å²) in [7, 11) is 0. The summed E-state index contributed by atoms with van der Waals surface area (Å²) in [5.74, 6) is 0.546. The molecule has 1 amide bonds. The smallest absolute Gasteiger partial charge is 0.299 e. The Morgan fingerprint density at radius 2 is 2.14 bits per heavy atom. The van der Waals surface area contributed by atoms with E-state index in [2.05, 4.69) is 15.1 Å². The molecule has 0 spiro atoms. The van der Waals surface area contributed by atoms with Crippen LogP contribution < -0.4 is 9.64 Å². The monoisotopic (exact) mass is 394 g/mol. The first-order valence-corrected chi connectivity index (χ1v) is 9.65. The third-order valence-corrected chi connectivity index (χ3v) is 5.08. The summed E-state index contributed by atoms with van der Waals surface area (Å²) in [5, 5.41) is 4.37. The Balaban J connectivity index is 1.77. The summed E-state index contributed by atoms with van der Waals surface area (Å²) in [4.78, 5) is 23.7. The van der Waals surface area contributed by atoms with Crippen LogP contribution in [0.3, 0.4) is 0 Å². The van der Waals surface area contributed by atoms with Crippen LogP contribution in [-0.4, -0.2) is 27.6 Å². The number of ether oxygens (including phenoxy) is 1. The molecule has 7 nitrogen and oxygen atoms in total. The molecule has 0 bridgehead atoms. The van der Waals surface area contributed by atoms with Crippen molar-refractivity contribution in [3.63, 3.8) is 0 Å². The minimum absolute atomic E-state index is 0.165. The Morgan fingerprint density at radius 3 is 2.86 bits per heavy atom. The molecule has 0 N–H and O–H groups in total. The highest BCUT2D eigenvalue weighted by atomic mass is 32.1. The molecule has 0 aliphatic rings. The number of hydrogen-bond acceptors (Lipinski definition) is 7. The van der Waals surface area contributed by atoms with Crippen LogP contribution in [0.4, 0.5) is 5.13 Å². The van der Waals surface area contributed by atoms with Crippen LogP contribution in [-0.2, 0) is 6.54 Å². The van der Waals surface area contributed by atoms with Gasteiger partial charge in [0.15, 0.2) is 5.13 Å². The van der Waals surface area contributed by atoms with Crippen molar-refractivity contribution in [2.45, 2.75) is 20.4 Å². The second kappa shape index (κ2) is 7.77. The van der Waals surface area contributed by atoms with E-state index in [0.29, 0.717) is 23.2 Å². The van der Waals surface area contributed by atoms with Crippen molar-refractivity contribution < 1.29 is 14.1 Å². The zero-order valence-corrected chi connectivity index (χ0v) is 16.3. The first-order valence-electron chi connectivity index (χ1n) is 8.83. The molecule has 3 heterocycles. The molecular formula is C20H18N4O3S. The van der Waals surface area contributed by atoms with Crippen LogP contribution in [0.5, 0.6) is 5.75 Å². The molecule has 8 heteroatoms. The molecule has 0 aliphatic heterocycles. The van der Waals surface area contributed by atoms with E-state index in [4.69, 9.17) is 9.26 Å².